The van der Waals surface area contributed by atoms with E-state index in [2.05, 4.69) is 15.4 Å². The average molecular weight is 273 g/mol. The first kappa shape index (κ1) is 16.1. The fourth-order valence-corrected chi connectivity index (χ4v) is 1.45. The summed E-state index contributed by atoms with van der Waals surface area (Å²) in [5.41, 5.74) is 0. The highest BCUT2D eigenvalue weighted by Crippen LogP contribution is 2.25. The van der Waals surface area contributed by atoms with Crippen molar-refractivity contribution in [2.45, 2.75) is 31.4 Å². The third kappa shape index (κ3) is 4.43. The number of hydrogen-bond acceptors (Lipinski definition) is 4. The zero-order valence-electron chi connectivity index (χ0n) is 9.46. The lowest BCUT2D eigenvalue weighted by Gasteiger charge is -2.15. The zero-order chi connectivity index (χ0) is 12.3. The molecular formula is C9H15ClF2N2O3. The van der Waals surface area contributed by atoms with Gasteiger partial charge in [-0.15, -0.1) is 12.4 Å². The maximum absolute atomic E-state index is 12.8. The van der Waals surface area contributed by atoms with Gasteiger partial charge in [0.25, 0.3) is 5.92 Å². The van der Waals surface area contributed by atoms with Crippen LogP contribution in [0.2, 0.25) is 0 Å². The van der Waals surface area contributed by atoms with Crippen LogP contribution in [0.3, 0.4) is 0 Å². The van der Waals surface area contributed by atoms with E-state index in [1.807, 2.05) is 0 Å². The molecule has 1 aliphatic heterocycles. The first-order chi connectivity index (χ1) is 7.35. The molecule has 8 heteroatoms. The summed E-state index contributed by atoms with van der Waals surface area (Å²) in [5.74, 6) is -4.09. The highest BCUT2D eigenvalue weighted by molar-refractivity contribution is 5.87. The molecule has 0 aromatic heterocycles. The molecule has 1 rings (SSSR count). The van der Waals surface area contributed by atoms with Gasteiger partial charge in [-0.2, -0.15) is 0 Å². The molecule has 1 unspecified atom stereocenters. The molecule has 1 amide bonds. The van der Waals surface area contributed by atoms with Crippen LogP contribution in [-0.4, -0.2) is 43.5 Å². The summed E-state index contributed by atoms with van der Waals surface area (Å²) in [6.45, 7) is 0.911. The number of amides is 1. The predicted octanol–water partition coefficient (Wildman–Crippen LogP) is 0.0831. The molecule has 5 nitrogen and oxygen atoms in total. The summed E-state index contributed by atoms with van der Waals surface area (Å²) >= 11 is 0. The van der Waals surface area contributed by atoms with Crippen LogP contribution in [0.15, 0.2) is 0 Å². The van der Waals surface area contributed by atoms with Crippen molar-refractivity contribution in [2.75, 3.05) is 13.7 Å². The second kappa shape index (κ2) is 6.11. The van der Waals surface area contributed by atoms with Crippen molar-refractivity contribution in [2.24, 2.45) is 0 Å². The van der Waals surface area contributed by atoms with Crippen molar-refractivity contribution in [1.29, 1.82) is 0 Å². The summed E-state index contributed by atoms with van der Waals surface area (Å²) in [7, 11) is 1.19. The van der Waals surface area contributed by atoms with Gasteiger partial charge in [-0.05, 0) is 6.92 Å². The van der Waals surface area contributed by atoms with E-state index in [-0.39, 0.29) is 12.4 Å². The molecule has 1 aliphatic rings. The van der Waals surface area contributed by atoms with E-state index in [4.69, 9.17) is 0 Å². The van der Waals surface area contributed by atoms with Gasteiger partial charge in [-0.1, -0.05) is 0 Å². The normalized spacial score (nSPS) is 23.4. The van der Waals surface area contributed by atoms with Crippen LogP contribution >= 0.6 is 12.4 Å². The summed E-state index contributed by atoms with van der Waals surface area (Å²) in [6.07, 6.45) is -0.549. The first-order valence-electron chi connectivity index (χ1n) is 4.85. The van der Waals surface area contributed by atoms with Crippen LogP contribution < -0.4 is 10.6 Å². The Morgan fingerprint density at radius 2 is 2.12 bits per heavy atom. The van der Waals surface area contributed by atoms with Crippen LogP contribution in [0.25, 0.3) is 0 Å². The van der Waals surface area contributed by atoms with Gasteiger partial charge < -0.3 is 10.1 Å². The molecule has 1 saturated heterocycles. The Balaban J connectivity index is 0.00000256. The van der Waals surface area contributed by atoms with Crippen molar-refractivity contribution in [3.63, 3.8) is 0 Å². The van der Waals surface area contributed by atoms with Crippen LogP contribution in [0.1, 0.15) is 13.3 Å². The lowest BCUT2D eigenvalue weighted by Crippen LogP contribution is -2.47. The third-order valence-corrected chi connectivity index (χ3v) is 2.34. The number of carbonyl (C=O) groups is 2. The molecule has 0 aromatic carbocycles. The number of alkyl halides is 2. The standard InChI is InChI=1S/C9H14F2N2O3.ClH/c1-5(8(15)16-2)13-7(14)6-3-9(10,11)4-12-6;/h5-6,12H,3-4H2,1-2H3,(H,13,14);1H/t5-,6?;/m0./s1. The van der Waals surface area contributed by atoms with Crippen LogP contribution in [0.5, 0.6) is 0 Å². The Hall–Kier alpha value is -0.950. The molecule has 1 heterocycles. The van der Waals surface area contributed by atoms with Gasteiger partial charge in [0.15, 0.2) is 0 Å². The minimum atomic E-state index is -2.86. The monoisotopic (exact) mass is 272 g/mol. The number of rotatable bonds is 3. The molecule has 0 bridgehead atoms. The molecule has 0 aromatic rings. The Morgan fingerprint density at radius 3 is 2.53 bits per heavy atom. The van der Waals surface area contributed by atoms with Crippen LogP contribution in [0.4, 0.5) is 8.78 Å². The molecule has 0 aliphatic carbocycles. The molecule has 100 valence electrons. The van der Waals surface area contributed by atoms with Gasteiger partial charge in [-0.25, -0.2) is 13.6 Å². The smallest absolute Gasteiger partial charge is 0.328 e. The Kier molecular flexibility index (Phi) is 5.77. The Labute approximate surface area is 104 Å². The van der Waals surface area contributed by atoms with Crippen molar-refractivity contribution in [3.8, 4) is 0 Å². The first-order valence-corrected chi connectivity index (χ1v) is 4.85. The van der Waals surface area contributed by atoms with Gasteiger partial charge in [0.1, 0.15) is 6.04 Å². The predicted molar refractivity (Wildman–Crippen MR) is 58.2 cm³/mol. The largest absolute Gasteiger partial charge is 0.467 e. The van der Waals surface area contributed by atoms with Crippen molar-refractivity contribution < 1.29 is 23.1 Å². The summed E-state index contributed by atoms with van der Waals surface area (Å²) < 4.78 is 30.0. The lowest BCUT2D eigenvalue weighted by atomic mass is 10.1. The number of hydrogen-bond donors (Lipinski definition) is 2. The van der Waals surface area contributed by atoms with Crippen molar-refractivity contribution in [1.82, 2.24) is 10.6 Å². The summed E-state index contributed by atoms with van der Waals surface area (Å²) in [6, 6.07) is -1.80. The fraction of sp³-hybridized carbons (Fsp3) is 0.778. The minimum absolute atomic E-state index is 0. The van der Waals surface area contributed by atoms with Crippen molar-refractivity contribution in [3.05, 3.63) is 0 Å². The van der Waals surface area contributed by atoms with Gasteiger partial charge >= 0.3 is 5.97 Å². The van der Waals surface area contributed by atoms with Crippen molar-refractivity contribution >= 4 is 24.3 Å². The maximum Gasteiger partial charge on any atom is 0.328 e. The fourth-order valence-electron chi connectivity index (χ4n) is 1.45. The molecule has 1 fully saturated rings. The second-order valence-corrected chi connectivity index (χ2v) is 3.75. The van der Waals surface area contributed by atoms with Gasteiger partial charge in [0.2, 0.25) is 5.91 Å². The summed E-state index contributed by atoms with van der Waals surface area (Å²) in [5, 5.41) is 4.70. The third-order valence-electron chi connectivity index (χ3n) is 2.34. The number of carbonyl (C=O) groups excluding carboxylic acids is 2. The van der Waals surface area contributed by atoms with E-state index >= 15 is 0 Å². The molecule has 0 spiro atoms. The van der Waals surface area contributed by atoms with E-state index in [0.29, 0.717) is 0 Å². The van der Waals surface area contributed by atoms with Gasteiger partial charge in [0, 0.05) is 6.42 Å². The Morgan fingerprint density at radius 1 is 1.53 bits per heavy atom. The second-order valence-electron chi connectivity index (χ2n) is 3.75. The number of halogens is 3. The topological polar surface area (TPSA) is 67.4 Å². The summed E-state index contributed by atoms with van der Waals surface area (Å²) in [4.78, 5) is 22.4. The van der Waals surface area contributed by atoms with E-state index < -0.39 is 42.8 Å². The van der Waals surface area contributed by atoms with E-state index in [1.54, 1.807) is 0 Å². The average Bonchev–Trinajstić information content (AvgIpc) is 2.57. The number of nitrogens with one attached hydrogen (secondary N) is 2. The molecule has 2 atom stereocenters. The lowest BCUT2D eigenvalue weighted by molar-refractivity contribution is -0.144. The maximum atomic E-state index is 12.8. The highest BCUT2D eigenvalue weighted by atomic mass is 35.5. The van der Waals surface area contributed by atoms with Crippen LogP contribution in [-0.2, 0) is 14.3 Å². The Bertz CT molecular complexity index is 302. The number of ether oxygens (including phenoxy) is 1. The van der Waals surface area contributed by atoms with E-state index in [1.165, 1.54) is 14.0 Å². The van der Waals surface area contributed by atoms with E-state index in [9.17, 15) is 18.4 Å². The number of esters is 1. The molecule has 0 saturated carbocycles. The molecule has 17 heavy (non-hydrogen) atoms. The van der Waals surface area contributed by atoms with Gasteiger partial charge in [-0.3, -0.25) is 10.1 Å². The highest BCUT2D eigenvalue weighted by Gasteiger charge is 2.42. The van der Waals surface area contributed by atoms with Gasteiger partial charge in [0.05, 0.1) is 19.7 Å². The molecular weight excluding hydrogens is 258 g/mol. The SMILES string of the molecule is COC(=O)[C@H](C)NC(=O)C1CC(F)(F)CN1.Cl. The molecule has 2 N–H and O–H groups in total. The quantitative estimate of drug-likeness (QED) is 0.714. The molecule has 0 radical (unpaired) electrons. The number of methoxy groups -OCH3 is 1. The van der Waals surface area contributed by atoms with Crippen LogP contribution in [0, 0.1) is 0 Å². The zero-order valence-corrected chi connectivity index (χ0v) is 10.3. The minimum Gasteiger partial charge on any atom is -0.467 e. The van der Waals surface area contributed by atoms with E-state index in [0.717, 1.165) is 0 Å².